The van der Waals surface area contributed by atoms with Crippen molar-refractivity contribution in [3.05, 3.63) is 218 Å². The first kappa shape index (κ1) is 28.5. The highest BCUT2D eigenvalue weighted by molar-refractivity contribution is 7.26. The third kappa shape index (κ3) is 6.18. The Bertz CT molecular complexity index is 4040. The highest BCUT2D eigenvalue weighted by Crippen LogP contribution is 2.42. The Morgan fingerprint density at radius 3 is 1.58 bits per heavy atom. The van der Waals surface area contributed by atoms with Crippen molar-refractivity contribution < 1.29 is 11.0 Å². The van der Waals surface area contributed by atoms with Gasteiger partial charge < -0.3 is 4.57 Å². The Labute approximate surface area is 374 Å². The van der Waals surface area contributed by atoms with Crippen molar-refractivity contribution in [3.8, 4) is 73.2 Å². The number of benzene rings is 9. The Morgan fingerprint density at radius 2 is 0.887 bits per heavy atom. The van der Waals surface area contributed by atoms with Crippen LogP contribution in [0.4, 0.5) is 0 Å². The molecule has 0 atom stereocenters. The van der Waals surface area contributed by atoms with Crippen molar-refractivity contribution in [2.75, 3.05) is 0 Å². The molecular weight excluding hydrogens is 773 g/mol. The van der Waals surface area contributed by atoms with Gasteiger partial charge in [-0.25, -0.2) is 15.0 Å². The van der Waals surface area contributed by atoms with Crippen LogP contribution in [0.3, 0.4) is 0 Å². The Morgan fingerprint density at radius 1 is 0.371 bits per heavy atom. The van der Waals surface area contributed by atoms with Crippen LogP contribution in [-0.4, -0.2) is 19.5 Å². The monoisotopic (exact) mass is 816 g/mol. The van der Waals surface area contributed by atoms with Gasteiger partial charge in [0.2, 0.25) is 0 Å². The molecule has 0 aliphatic heterocycles. The molecule has 0 saturated heterocycles. The fourth-order valence-corrected chi connectivity index (χ4v) is 9.65. The van der Waals surface area contributed by atoms with Crippen LogP contribution < -0.4 is 0 Å². The number of nitrogens with zero attached hydrogens (tertiary/aromatic N) is 4. The van der Waals surface area contributed by atoms with Crippen molar-refractivity contribution in [2.24, 2.45) is 0 Å². The summed E-state index contributed by atoms with van der Waals surface area (Å²) >= 11 is 1.76. The molecule has 62 heavy (non-hydrogen) atoms. The summed E-state index contributed by atoms with van der Waals surface area (Å²) in [5, 5.41) is 2.39. The van der Waals surface area contributed by atoms with Crippen LogP contribution in [0.5, 0.6) is 0 Å². The summed E-state index contributed by atoms with van der Waals surface area (Å²) in [4.78, 5) is 15.5. The molecular formula is C57H36N4S. The van der Waals surface area contributed by atoms with Gasteiger partial charge in [-0.3, -0.25) is 0 Å². The van der Waals surface area contributed by atoms with Crippen LogP contribution in [-0.2, 0) is 0 Å². The van der Waals surface area contributed by atoms with Gasteiger partial charge in [0.1, 0.15) is 0 Å². The van der Waals surface area contributed by atoms with Crippen molar-refractivity contribution in [1.82, 2.24) is 19.5 Å². The first-order chi connectivity index (χ1) is 34.0. The van der Waals surface area contributed by atoms with E-state index in [1.807, 2.05) is 97.1 Å². The number of hydrogen-bond acceptors (Lipinski definition) is 4. The highest BCUT2D eigenvalue weighted by atomic mass is 32.1. The second-order valence-corrected chi connectivity index (χ2v) is 16.0. The van der Waals surface area contributed by atoms with E-state index in [9.17, 15) is 2.74 Å². The molecule has 3 aromatic heterocycles. The summed E-state index contributed by atoms with van der Waals surface area (Å²) in [5.74, 6) is 1.15. The third-order valence-corrected chi connectivity index (χ3v) is 12.5. The van der Waals surface area contributed by atoms with Crippen molar-refractivity contribution in [3.63, 3.8) is 0 Å². The molecule has 3 heterocycles. The summed E-state index contributed by atoms with van der Waals surface area (Å²) in [6.07, 6.45) is 0. The minimum Gasteiger partial charge on any atom is -0.309 e. The molecule has 12 aromatic rings. The van der Waals surface area contributed by atoms with Crippen LogP contribution in [0.15, 0.2) is 218 Å². The summed E-state index contributed by atoms with van der Waals surface area (Å²) in [6.45, 7) is 0. The summed E-state index contributed by atoms with van der Waals surface area (Å²) in [5.41, 5.74) is 7.98. The zero-order valence-electron chi connectivity index (χ0n) is 40.9. The molecule has 0 unspecified atom stereocenters. The molecule has 0 amide bonds. The molecule has 0 aliphatic rings. The number of hydrogen-bond donors (Lipinski definition) is 0. The first-order valence-corrected chi connectivity index (χ1v) is 21.0. The standard InChI is InChI=1S/C57H36N4S/c1-3-16-37(17-4-1)39-20-13-22-41(34-39)55-58-56(42-23-14-21-40(35-42)45-27-15-28-49-48-26-9-12-31-53(48)62-54(45)49)60-57(59-55)43-32-33-44(38-18-5-2-6-19-38)52(36-43)61-50-29-10-7-24-46(50)47-25-8-11-30-51(47)61/h1-36H/i7D,8D,10D,11D,24D,25D,29D,30D. The molecule has 9 aromatic carbocycles. The van der Waals surface area contributed by atoms with E-state index in [2.05, 4.69) is 72.8 Å². The van der Waals surface area contributed by atoms with Crippen LogP contribution in [0.1, 0.15) is 11.0 Å². The van der Waals surface area contributed by atoms with Gasteiger partial charge in [0.15, 0.2) is 17.5 Å². The lowest BCUT2D eigenvalue weighted by molar-refractivity contribution is 1.07. The topological polar surface area (TPSA) is 43.6 Å². The van der Waals surface area contributed by atoms with E-state index in [-0.39, 0.29) is 33.9 Å². The predicted octanol–water partition coefficient (Wildman–Crippen LogP) is 15.3. The van der Waals surface area contributed by atoms with Gasteiger partial charge in [-0.2, -0.15) is 0 Å². The minimum absolute atomic E-state index is 0.00772. The van der Waals surface area contributed by atoms with E-state index < -0.39 is 36.3 Å². The van der Waals surface area contributed by atoms with Crippen molar-refractivity contribution in [2.45, 2.75) is 0 Å². The predicted molar refractivity (Wildman–Crippen MR) is 260 cm³/mol. The van der Waals surface area contributed by atoms with E-state index in [0.29, 0.717) is 34.3 Å². The van der Waals surface area contributed by atoms with Crippen LogP contribution >= 0.6 is 11.3 Å². The number of fused-ring (bicyclic) bond motifs is 6. The summed E-state index contributed by atoms with van der Waals surface area (Å²) in [7, 11) is 0. The van der Waals surface area contributed by atoms with Crippen molar-refractivity contribution >= 4 is 53.3 Å². The van der Waals surface area contributed by atoms with E-state index in [4.69, 9.17) is 23.2 Å². The Kier molecular flexibility index (Phi) is 6.86. The van der Waals surface area contributed by atoms with Crippen LogP contribution in [0.2, 0.25) is 0 Å². The molecule has 0 fully saturated rings. The molecule has 290 valence electrons. The molecule has 4 nitrogen and oxygen atoms in total. The zero-order chi connectivity index (χ0) is 47.9. The van der Waals surface area contributed by atoms with Gasteiger partial charge >= 0.3 is 0 Å². The average Bonchev–Trinajstić information content (AvgIpc) is 3.98. The normalized spacial score (nSPS) is 13.4. The maximum absolute atomic E-state index is 9.31. The largest absolute Gasteiger partial charge is 0.309 e. The van der Waals surface area contributed by atoms with Crippen LogP contribution in [0.25, 0.3) is 115 Å². The number of para-hydroxylation sites is 2. The minimum atomic E-state index is -0.507. The van der Waals surface area contributed by atoms with Gasteiger partial charge in [0, 0.05) is 53.2 Å². The van der Waals surface area contributed by atoms with Gasteiger partial charge in [0.25, 0.3) is 0 Å². The van der Waals surface area contributed by atoms with Gasteiger partial charge in [-0.05, 0) is 64.2 Å². The lowest BCUT2D eigenvalue weighted by Crippen LogP contribution is -2.02. The van der Waals surface area contributed by atoms with Crippen molar-refractivity contribution in [1.29, 1.82) is 0 Å². The highest BCUT2D eigenvalue weighted by Gasteiger charge is 2.20. The van der Waals surface area contributed by atoms with Gasteiger partial charge in [-0.15, -0.1) is 11.3 Å². The van der Waals surface area contributed by atoms with Gasteiger partial charge in [-0.1, -0.05) is 182 Å². The van der Waals surface area contributed by atoms with Crippen LogP contribution in [0, 0.1) is 0 Å². The molecule has 0 saturated carbocycles. The smallest absolute Gasteiger partial charge is 0.164 e. The van der Waals surface area contributed by atoms with Gasteiger partial charge in [0.05, 0.1) is 27.7 Å². The SMILES string of the molecule is [2H]c1c([2H])c([2H])c2c(c1[2H])c1c([2H])c([2H])c([2H])c([2H])c1n2-c1cc(-c2nc(-c3cccc(-c4ccccc4)c3)nc(-c3cccc(-c4cccc5c4sc4ccccc45)c3)n2)ccc1-c1ccccc1. The molecule has 0 radical (unpaired) electrons. The number of rotatable bonds is 7. The fourth-order valence-electron chi connectivity index (χ4n) is 8.41. The molecule has 0 aliphatic carbocycles. The summed E-state index contributed by atoms with van der Waals surface area (Å²) in [6, 6.07) is 52.7. The van der Waals surface area contributed by atoms with E-state index in [1.165, 1.54) is 20.2 Å². The molecule has 0 bridgehead atoms. The molecule has 12 rings (SSSR count). The lowest BCUT2D eigenvalue weighted by Gasteiger charge is -2.16. The summed E-state index contributed by atoms with van der Waals surface area (Å²) < 4.78 is 75.7. The third-order valence-electron chi connectivity index (χ3n) is 11.3. The zero-order valence-corrected chi connectivity index (χ0v) is 33.7. The molecule has 5 heteroatoms. The van der Waals surface area contributed by atoms with E-state index in [0.717, 1.165) is 38.9 Å². The fraction of sp³-hybridized carbons (Fsp3) is 0. The number of thiophene rings is 1. The van der Waals surface area contributed by atoms with E-state index >= 15 is 0 Å². The maximum atomic E-state index is 9.31. The first-order valence-electron chi connectivity index (χ1n) is 24.2. The quantitative estimate of drug-likeness (QED) is 0.161. The second-order valence-electron chi connectivity index (χ2n) is 15.0. The molecule has 0 spiro atoms. The lowest BCUT2D eigenvalue weighted by atomic mass is 10.00. The van der Waals surface area contributed by atoms with E-state index in [1.54, 1.807) is 15.9 Å². The second kappa shape index (κ2) is 14.9. The average molecular weight is 817 g/mol. The Hall–Kier alpha value is -7.99. The number of aromatic nitrogens is 4. The Balaban J connectivity index is 1.13. The molecule has 0 N–H and O–H groups in total. The maximum Gasteiger partial charge on any atom is 0.164 e.